The molecule has 2 saturated heterocycles. The largest absolute Gasteiger partial charge is 0.282 e. The molecule has 0 saturated carbocycles. The number of carbonyl (C=O) groups is 2. The summed E-state index contributed by atoms with van der Waals surface area (Å²) in [5, 5.41) is 1.45. The van der Waals surface area contributed by atoms with Crippen molar-refractivity contribution in [3.05, 3.63) is 25.3 Å². The summed E-state index contributed by atoms with van der Waals surface area (Å²) >= 11 is 15.3. The minimum Gasteiger partial charge on any atom is -0.282 e. The van der Waals surface area contributed by atoms with Crippen LogP contribution < -0.4 is 0 Å². The first-order chi connectivity index (χ1) is 16.6. The summed E-state index contributed by atoms with van der Waals surface area (Å²) in [5.74, 6) is 9.30. The second-order valence-electron chi connectivity index (χ2n) is 7.98. The van der Waals surface area contributed by atoms with Crippen LogP contribution in [0.3, 0.4) is 0 Å². The maximum Gasteiger partial charge on any atom is 0.211 e. The molecule has 2 heterocycles. The highest BCUT2D eigenvalue weighted by Gasteiger charge is 2.27. The van der Waals surface area contributed by atoms with Crippen LogP contribution in [0.15, 0.2) is 25.3 Å². The number of hydrogen-bond acceptors (Lipinski definition) is 10. The van der Waals surface area contributed by atoms with Crippen LogP contribution in [-0.2, 0) is 9.59 Å². The van der Waals surface area contributed by atoms with Gasteiger partial charge in [-0.15, -0.1) is 47.0 Å². The standard InChI is InChI=1S/C24H38O2S8/c1-3-21(25)29-13-19-15-31-23(33-19)17-27-11-9-7-5-6-8-10-12-28-18-24-32-16-20(34-24)14-30-22(26)4-2/h3-4,19-20,23-24H,1-2,5-18H2. The van der Waals surface area contributed by atoms with Gasteiger partial charge >= 0.3 is 0 Å². The molecule has 2 aliphatic rings. The van der Waals surface area contributed by atoms with Crippen molar-refractivity contribution in [1.29, 1.82) is 0 Å². The van der Waals surface area contributed by atoms with E-state index in [0.29, 0.717) is 19.7 Å². The fraction of sp³-hybridized carbons (Fsp3) is 0.750. The molecule has 0 radical (unpaired) electrons. The molecule has 0 aromatic heterocycles. The van der Waals surface area contributed by atoms with Gasteiger partial charge in [-0.1, -0.05) is 62.4 Å². The fourth-order valence-electron chi connectivity index (χ4n) is 3.31. The van der Waals surface area contributed by atoms with Gasteiger partial charge in [0.25, 0.3) is 0 Å². The Labute approximate surface area is 241 Å². The topological polar surface area (TPSA) is 34.1 Å². The minimum absolute atomic E-state index is 0.105. The third-order valence-electron chi connectivity index (χ3n) is 5.12. The van der Waals surface area contributed by atoms with Crippen molar-refractivity contribution in [3.8, 4) is 0 Å². The predicted octanol–water partition coefficient (Wildman–Crippen LogP) is 8.03. The van der Waals surface area contributed by atoms with Gasteiger partial charge < -0.3 is 0 Å². The first-order valence-corrected chi connectivity index (χ1v) is 20.1. The number of unbranched alkanes of at least 4 members (excludes halogenated alkanes) is 5. The molecular weight excluding hydrogens is 577 g/mol. The van der Waals surface area contributed by atoms with Gasteiger partial charge in [0.15, 0.2) is 0 Å². The summed E-state index contributed by atoms with van der Waals surface area (Å²) in [4.78, 5) is 22.7. The van der Waals surface area contributed by atoms with E-state index in [9.17, 15) is 9.59 Å². The highest BCUT2D eigenvalue weighted by atomic mass is 32.2. The summed E-state index contributed by atoms with van der Waals surface area (Å²) in [7, 11) is 0. The molecule has 0 bridgehead atoms. The third-order valence-corrected chi connectivity index (χ3v) is 17.3. The van der Waals surface area contributed by atoms with Crippen molar-refractivity contribution in [2.45, 2.75) is 58.2 Å². The highest BCUT2D eigenvalue weighted by molar-refractivity contribution is 8.23. The van der Waals surface area contributed by atoms with E-state index in [2.05, 4.69) is 83.7 Å². The molecule has 10 heteroatoms. The molecule has 0 aliphatic carbocycles. The van der Waals surface area contributed by atoms with Crippen molar-refractivity contribution in [2.75, 3.05) is 46.0 Å². The molecule has 4 atom stereocenters. The second-order valence-corrected chi connectivity index (χ2v) is 18.4. The van der Waals surface area contributed by atoms with Crippen molar-refractivity contribution in [1.82, 2.24) is 0 Å². The molecule has 2 fully saturated rings. The van der Waals surface area contributed by atoms with Gasteiger partial charge in [-0.25, -0.2) is 0 Å². The Morgan fingerprint density at radius 1 is 0.676 bits per heavy atom. The SMILES string of the molecule is C=CC(=O)SCC1CSC(CSCCCCCCCCSCC2SCC(CSC(=O)C=C)S2)S1. The summed E-state index contributed by atoms with van der Waals surface area (Å²) in [6, 6.07) is 0. The molecule has 4 unspecified atom stereocenters. The number of hydrogen-bond donors (Lipinski definition) is 0. The molecule has 0 spiro atoms. The normalized spacial score (nSPS) is 24.4. The van der Waals surface area contributed by atoms with Crippen molar-refractivity contribution >= 4 is 104 Å². The average molecular weight is 615 g/mol. The lowest BCUT2D eigenvalue weighted by molar-refractivity contribution is -0.107. The van der Waals surface area contributed by atoms with E-state index >= 15 is 0 Å². The Bertz CT molecular complexity index is 566. The first-order valence-electron chi connectivity index (χ1n) is 11.9. The lowest BCUT2D eigenvalue weighted by Gasteiger charge is -2.10. The molecule has 0 aromatic carbocycles. The van der Waals surface area contributed by atoms with Crippen LogP contribution in [0, 0.1) is 0 Å². The smallest absolute Gasteiger partial charge is 0.211 e. The van der Waals surface area contributed by atoms with E-state index in [1.165, 1.54) is 109 Å². The lowest BCUT2D eigenvalue weighted by Crippen LogP contribution is -2.07. The maximum absolute atomic E-state index is 11.3. The lowest BCUT2D eigenvalue weighted by atomic mass is 10.1. The maximum atomic E-state index is 11.3. The average Bonchev–Trinajstić information content (AvgIpc) is 3.51. The first kappa shape index (κ1) is 31.8. The van der Waals surface area contributed by atoms with Gasteiger partial charge in [-0.05, 0) is 36.5 Å². The molecule has 2 nitrogen and oxygen atoms in total. The summed E-state index contributed by atoms with van der Waals surface area (Å²) < 4.78 is 1.42. The van der Waals surface area contributed by atoms with Gasteiger partial charge in [0.2, 0.25) is 10.2 Å². The Kier molecular flexibility index (Phi) is 19.3. The van der Waals surface area contributed by atoms with Crippen LogP contribution in [0.4, 0.5) is 0 Å². The third kappa shape index (κ3) is 15.1. The summed E-state index contributed by atoms with van der Waals surface area (Å²) in [6.45, 7) is 7.08. The monoisotopic (exact) mass is 614 g/mol. The van der Waals surface area contributed by atoms with Crippen LogP contribution in [0.2, 0.25) is 0 Å². The van der Waals surface area contributed by atoms with Crippen LogP contribution in [0.5, 0.6) is 0 Å². The van der Waals surface area contributed by atoms with E-state index in [1.54, 1.807) is 0 Å². The zero-order valence-electron chi connectivity index (χ0n) is 19.9. The van der Waals surface area contributed by atoms with Gasteiger partial charge in [0, 0.05) is 45.0 Å². The molecule has 194 valence electrons. The van der Waals surface area contributed by atoms with Crippen molar-refractivity contribution in [2.24, 2.45) is 0 Å². The Morgan fingerprint density at radius 2 is 1.09 bits per heavy atom. The number of thioether (sulfide) groups is 8. The van der Waals surface area contributed by atoms with Crippen LogP contribution in [0.25, 0.3) is 0 Å². The van der Waals surface area contributed by atoms with E-state index in [4.69, 9.17) is 0 Å². The highest BCUT2D eigenvalue weighted by Crippen LogP contribution is 2.42. The van der Waals surface area contributed by atoms with Crippen molar-refractivity contribution in [3.63, 3.8) is 0 Å². The molecular formula is C24H38O2S8. The van der Waals surface area contributed by atoms with E-state index in [1.807, 2.05) is 0 Å². The Morgan fingerprint density at radius 3 is 1.50 bits per heavy atom. The van der Waals surface area contributed by atoms with Gasteiger partial charge in [-0.3, -0.25) is 9.59 Å². The predicted molar refractivity (Wildman–Crippen MR) is 173 cm³/mol. The molecule has 0 N–H and O–H groups in total. The van der Waals surface area contributed by atoms with Crippen molar-refractivity contribution < 1.29 is 9.59 Å². The van der Waals surface area contributed by atoms with Crippen LogP contribution >= 0.6 is 94.1 Å². The van der Waals surface area contributed by atoms with E-state index < -0.39 is 0 Å². The quantitative estimate of drug-likeness (QED) is 0.105. The van der Waals surface area contributed by atoms with Gasteiger partial charge in [0.1, 0.15) is 0 Å². The number of rotatable bonds is 19. The summed E-state index contributed by atoms with van der Waals surface area (Å²) in [6.07, 6.45) is 11.1. The number of carbonyl (C=O) groups excluding carboxylic acids is 2. The van der Waals surface area contributed by atoms with Crippen LogP contribution in [-0.4, -0.2) is 75.9 Å². The van der Waals surface area contributed by atoms with Gasteiger partial charge in [0.05, 0.1) is 9.16 Å². The molecule has 34 heavy (non-hydrogen) atoms. The Hall–Kier alpha value is 1.62. The zero-order valence-corrected chi connectivity index (χ0v) is 26.4. The zero-order chi connectivity index (χ0) is 24.4. The van der Waals surface area contributed by atoms with Gasteiger partial charge in [-0.2, -0.15) is 23.5 Å². The van der Waals surface area contributed by atoms with Crippen LogP contribution in [0.1, 0.15) is 38.5 Å². The Balaban J connectivity index is 1.31. The van der Waals surface area contributed by atoms with E-state index in [0.717, 1.165) is 11.5 Å². The molecule has 2 rings (SSSR count). The fourth-order valence-corrected chi connectivity index (χ4v) is 15.0. The minimum atomic E-state index is 0.105. The second kappa shape index (κ2) is 20.6. The van der Waals surface area contributed by atoms with E-state index in [-0.39, 0.29) is 10.2 Å². The molecule has 2 aliphatic heterocycles. The summed E-state index contributed by atoms with van der Waals surface area (Å²) in [5.41, 5.74) is 0. The molecule has 0 amide bonds. The molecule has 0 aromatic rings.